The predicted molar refractivity (Wildman–Crippen MR) is 286 cm³/mol. The van der Waals surface area contributed by atoms with E-state index in [-0.39, 0.29) is 0 Å². The number of fused-ring (bicyclic) bond motifs is 6. The highest BCUT2D eigenvalue weighted by Crippen LogP contribution is 2.38. The smallest absolute Gasteiger partial charge is 0.181 e. The SMILES string of the molecule is c1ccc(-c2cc(-c3ccccc3)nc(-c3cccc(-c4ccc5c(c4)c4ccccc4n5-c4ccc(-c5cccc6c5[Si](c5ccccc5)(c5ccccc5)c5ccccc5-6)cc4)c3)n2)cc1. The zero-order valence-corrected chi connectivity index (χ0v) is 38.2. The standard InChI is InChI=1S/C64H43N3Si/c1-5-19-45(20-6-1)58-43-59(46-21-7-2-8-22-46)66-64(65-58)49-24-17-23-47(41-49)48-37-40-61-57(42-48)54-29-13-15-33-60(54)67(61)50-38-35-44(36-39-50)53-31-18-32-56-55-30-14-16-34-62(55)68(63(53)56,51-25-9-3-10-26-51)52-27-11-4-12-28-52/h1-43H. The second kappa shape index (κ2) is 16.3. The number of rotatable bonds is 8. The number of nitrogens with zero attached hydrogens (tertiary/aromatic N) is 3. The van der Waals surface area contributed by atoms with Crippen molar-refractivity contribution in [3.63, 3.8) is 0 Å². The molecule has 13 rings (SSSR count). The zero-order chi connectivity index (χ0) is 45.0. The van der Waals surface area contributed by atoms with Gasteiger partial charge in [0.15, 0.2) is 13.9 Å². The summed E-state index contributed by atoms with van der Waals surface area (Å²) in [5.41, 5.74) is 15.8. The molecule has 0 fully saturated rings. The van der Waals surface area contributed by atoms with Crippen molar-refractivity contribution in [3.05, 3.63) is 261 Å². The lowest BCUT2D eigenvalue weighted by molar-refractivity contribution is 1.18. The third-order valence-corrected chi connectivity index (χ3v) is 18.8. The van der Waals surface area contributed by atoms with E-state index in [1.807, 2.05) is 12.1 Å². The van der Waals surface area contributed by atoms with Crippen LogP contribution in [0.5, 0.6) is 0 Å². The molecule has 10 aromatic carbocycles. The first-order valence-corrected chi connectivity index (χ1v) is 25.3. The van der Waals surface area contributed by atoms with Crippen molar-refractivity contribution in [1.29, 1.82) is 0 Å². The molecule has 0 N–H and O–H groups in total. The van der Waals surface area contributed by atoms with E-state index in [2.05, 4.69) is 253 Å². The van der Waals surface area contributed by atoms with Gasteiger partial charge in [0.25, 0.3) is 0 Å². The van der Waals surface area contributed by atoms with E-state index in [1.54, 1.807) is 0 Å². The minimum atomic E-state index is -2.69. The average molecular weight is 882 g/mol. The summed E-state index contributed by atoms with van der Waals surface area (Å²) in [5, 5.41) is 8.15. The molecule has 0 saturated carbocycles. The average Bonchev–Trinajstić information content (AvgIpc) is 3.92. The van der Waals surface area contributed by atoms with Crippen LogP contribution in [-0.4, -0.2) is 22.6 Å². The highest BCUT2D eigenvalue weighted by Gasteiger charge is 2.49. The van der Waals surface area contributed by atoms with Gasteiger partial charge in [0, 0.05) is 33.2 Å². The number of para-hydroxylation sites is 1. The predicted octanol–water partition coefficient (Wildman–Crippen LogP) is 13.3. The molecule has 4 heteroatoms. The van der Waals surface area contributed by atoms with Crippen LogP contribution in [0.2, 0.25) is 0 Å². The van der Waals surface area contributed by atoms with Crippen LogP contribution in [0.25, 0.3) is 94.8 Å². The van der Waals surface area contributed by atoms with Gasteiger partial charge in [-0.25, -0.2) is 9.97 Å². The van der Waals surface area contributed by atoms with Crippen molar-refractivity contribution in [2.45, 2.75) is 0 Å². The van der Waals surface area contributed by atoms with Gasteiger partial charge in [0.2, 0.25) is 0 Å². The number of hydrogen-bond acceptors (Lipinski definition) is 2. The van der Waals surface area contributed by atoms with E-state index in [4.69, 9.17) is 9.97 Å². The third-order valence-electron chi connectivity index (χ3n) is 13.9. The highest BCUT2D eigenvalue weighted by molar-refractivity contribution is 7.22. The Balaban J connectivity index is 0.908. The van der Waals surface area contributed by atoms with Gasteiger partial charge in [-0.05, 0) is 96.6 Å². The molecule has 3 nitrogen and oxygen atoms in total. The summed E-state index contributed by atoms with van der Waals surface area (Å²) in [5.74, 6) is 0.700. The van der Waals surface area contributed by atoms with E-state index in [0.717, 1.165) is 44.9 Å². The third kappa shape index (κ3) is 6.41. The van der Waals surface area contributed by atoms with E-state index >= 15 is 0 Å². The fraction of sp³-hybridized carbons (Fsp3) is 0. The first-order chi connectivity index (χ1) is 33.7. The Morgan fingerprint density at radius 3 is 1.50 bits per heavy atom. The van der Waals surface area contributed by atoms with Crippen LogP contribution in [-0.2, 0) is 0 Å². The van der Waals surface area contributed by atoms with Crippen molar-refractivity contribution in [2.75, 3.05) is 0 Å². The van der Waals surface area contributed by atoms with Gasteiger partial charge in [-0.15, -0.1) is 0 Å². The lowest BCUT2D eigenvalue weighted by Gasteiger charge is -2.33. The van der Waals surface area contributed by atoms with Gasteiger partial charge < -0.3 is 4.57 Å². The van der Waals surface area contributed by atoms with Crippen molar-refractivity contribution < 1.29 is 0 Å². The molecule has 1 aliphatic heterocycles. The largest absolute Gasteiger partial charge is 0.309 e. The van der Waals surface area contributed by atoms with E-state index in [0.29, 0.717) is 5.82 Å². The molecular weight excluding hydrogens is 839 g/mol. The van der Waals surface area contributed by atoms with Gasteiger partial charge in [0.1, 0.15) is 0 Å². The Labute approximate surface area is 397 Å². The van der Waals surface area contributed by atoms with E-state index < -0.39 is 8.07 Å². The molecule has 68 heavy (non-hydrogen) atoms. The van der Waals surface area contributed by atoms with Crippen molar-refractivity contribution in [2.24, 2.45) is 0 Å². The maximum absolute atomic E-state index is 5.14. The molecule has 0 amide bonds. The Kier molecular flexibility index (Phi) is 9.51. The van der Waals surface area contributed by atoms with Gasteiger partial charge in [0.05, 0.1) is 22.4 Å². The molecule has 12 aromatic rings. The Bertz CT molecular complexity index is 3730. The first-order valence-electron chi connectivity index (χ1n) is 23.3. The monoisotopic (exact) mass is 881 g/mol. The molecule has 3 heterocycles. The summed E-state index contributed by atoms with van der Waals surface area (Å²) in [4.78, 5) is 10.3. The normalized spacial score (nSPS) is 12.5. The molecule has 1 aliphatic rings. The minimum absolute atomic E-state index is 0.700. The first kappa shape index (κ1) is 39.6. The van der Waals surface area contributed by atoms with Crippen LogP contribution in [0, 0.1) is 0 Å². The zero-order valence-electron chi connectivity index (χ0n) is 37.2. The van der Waals surface area contributed by atoms with Gasteiger partial charge in [-0.3, -0.25) is 0 Å². The number of hydrogen-bond donors (Lipinski definition) is 0. The second-order valence-corrected chi connectivity index (χ2v) is 21.4. The molecule has 318 valence electrons. The van der Waals surface area contributed by atoms with Crippen molar-refractivity contribution >= 4 is 50.6 Å². The quantitative estimate of drug-likeness (QED) is 0.142. The summed E-state index contributed by atoms with van der Waals surface area (Å²) in [6.45, 7) is 0. The van der Waals surface area contributed by atoms with Crippen LogP contribution < -0.4 is 20.7 Å². The van der Waals surface area contributed by atoms with Gasteiger partial charge in [-0.2, -0.15) is 0 Å². The maximum Gasteiger partial charge on any atom is 0.181 e. The summed E-state index contributed by atoms with van der Waals surface area (Å²) >= 11 is 0. The Morgan fingerprint density at radius 2 is 0.809 bits per heavy atom. The molecule has 0 radical (unpaired) electrons. The molecule has 2 aromatic heterocycles. The van der Waals surface area contributed by atoms with Crippen molar-refractivity contribution in [3.8, 4) is 73.0 Å². The van der Waals surface area contributed by atoms with Crippen LogP contribution in [0.4, 0.5) is 0 Å². The molecule has 0 unspecified atom stereocenters. The summed E-state index contributed by atoms with van der Waals surface area (Å²) in [7, 11) is -2.69. The molecule has 0 spiro atoms. The molecule has 0 saturated heterocycles. The number of benzene rings is 10. The lowest BCUT2D eigenvalue weighted by Crippen LogP contribution is -2.73. The van der Waals surface area contributed by atoms with E-state index in [1.165, 1.54) is 64.8 Å². The lowest BCUT2D eigenvalue weighted by atomic mass is 9.99. The highest BCUT2D eigenvalue weighted by atomic mass is 28.3. The van der Waals surface area contributed by atoms with Crippen molar-refractivity contribution in [1.82, 2.24) is 14.5 Å². The van der Waals surface area contributed by atoms with Crippen LogP contribution in [0.1, 0.15) is 0 Å². The molecule has 0 atom stereocenters. The second-order valence-electron chi connectivity index (χ2n) is 17.7. The summed E-state index contributed by atoms with van der Waals surface area (Å²) < 4.78 is 2.42. The van der Waals surface area contributed by atoms with Gasteiger partial charge >= 0.3 is 0 Å². The Morgan fingerprint density at radius 1 is 0.309 bits per heavy atom. The summed E-state index contributed by atoms with van der Waals surface area (Å²) in [6.07, 6.45) is 0. The topological polar surface area (TPSA) is 30.7 Å². The van der Waals surface area contributed by atoms with E-state index in [9.17, 15) is 0 Å². The molecule has 0 bridgehead atoms. The van der Waals surface area contributed by atoms with Crippen LogP contribution >= 0.6 is 0 Å². The molecular formula is C64H43N3Si. The van der Waals surface area contributed by atoms with Crippen LogP contribution in [0.15, 0.2) is 261 Å². The maximum atomic E-state index is 5.14. The summed E-state index contributed by atoms with van der Waals surface area (Å²) in [6, 6.07) is 95.0. The fourth-order valence-electron chi connectivity index (χ4n) is 10.9. The fourth-order valence-corrected chi connectivity index (χ4v) is 16.3. The number of aromatic nitrogens is 3. The Hall–Kier alpha value is -8.70. The molecule has 0 aliphatic carbocycles. The van der Waals surface area contributed by atoms with Gasteiger partial charge in [-0.1, -0.05) is 218 Å². The minimum Gasteiger partial charge on any atom is -0.309 e. The van der Waals surface area contributed by atoms with Crippen LogP contribution in [0.3, 0.4) is 0 Å².